The van der Waals surface area contributed by atoms with E-state index in [0.29, 0.717) is 33.3 Å². The number of benzene rings is 1. The molecular formula is C13H15ClN2O2S. The van der Waals surface area contributed by atoms with Gasteiger partial charge in [-0.1, -0.05) is 30.6 Å². The number of rotatable bonds is 5. The molecule has 4 nitrogen and oxygen atoms in total. The van der Waals surface area contributed by atoms with Crippen LogP contribution in [0.15, 0.2) is 22.7 Å². The highest BCUT2D eigenvalue weighted by Gasteiger charge is 2.14. The molecule has 2 rings (SSSR count). The van der Waals surface area contributed by atoms with E-state index in [-0.39, 0.29) is 5.75 Å². The molecule has 0 fully saturated rings. The van der Waals surface area contributed by atoms with Gasteiger partial charge in [-0.3, -0.25) is 0 Å². The molecule has 1 N–H and O–H groups in total. The third-order valence-corrected chi connectivity index (χ3v) is 4.29. The molecule has 6 heteroatoms. The van der Waals surface area contributed by atoms with Crippen LogP contribution in [-0.2, 0) is 5.75 Å². The first-order valence-corrected chi connectivity index (χ1v) is 7.46. The van der Waals surface area contributed by atoms with E-state index >= 15 is 0 Å². The smallest absolute Gasteiger partial charge is 0.261 e. The summed E-state index contributed by atoms with van der Waals surface area (Å²) in [5, 5.41) is 14.7. The van der Waals surface area contributed by atoms with E-state index in [1.807, 2.05) is 0 Å². The Hall–Kier alpha value is -1.20. The number of thioether (sulfide) groups is 1. The van der Waals surface area contributed by atoms with Gasteiger partial charge in [-0.15, -0.1) is 0 Å². The molecule has 1 heterocycles. The minimum atomic E-state index is 0.0779. The average Bonchev–Trinajstić information content (AvgIpc) is 2.87. The van der Waals surface area contributed by atoms with E-state index < -0.39 is 0 Å². The van der Waals surface area contributed by atoms with Crippen molar-refractivity contribution < 1.29 is 9.63 Å². The van der Waals surface area contributed by atoms with Crippen molar-refractivity contribution >= 4 is 23.4 Å². The largest absolute Gasteiger partial charge is 0.507 e. The quantitative estimate of drug-likeness (QED) is 0.899. The second kappa shape index (κ2) is 6.30. The third-order valence-electron chi connectivity index (χ3n) is 2.73. The number of aromatic hydroxyl groups is 1. The van der Waals surface area contributed by atoms with E-state index in [0.717, 1.165) is 6.42 Å². The fourth-order valence-electron chi connectivity index (χ4n) is 1.44. The number of halogens is 1. The molecule has 1 aromatic heterocycles. The molecule has 2 aromatic rings. The Bertz CT molecular complexity index is 559. The molecule has 0 radical (unpaired) electrons. The van der Waals surface area contributed by atoms with Gasteiger partial charge < -0.3 is 9.63 Å². The molecule has 1 unspecified atom stereocenters. The van der Waals surface area contributed by atoms with Crippen LogP contribution in [0.5, 0.6) is 5.75 Å². The predicted octanol–water partition coefficient (Wildman–Crippen LogP) is 4.13. The van der Waals surface area contributed by atoms with Gasteiger partial charge in [-0.25, -0.2) is 0 Å². The van der Waals surface area contributed by atoms with Crippen molar-refractivity contribution in [3.8, 4) is 17.2 Å². The minimum Gasteiger partial charge on any atom is -0.507 e. The zero-order valence-corrected chi connectivity index (χ0v) is 12.3. The maximum absolute atomic E-state index is 9.76. The fraction of sp³-hybridized carbons (Fsp3) is 0.385. The average molecular weight is 299 g/mol. The van der Waals surface area contributed by atoms with Gasteiger partial charge in [-0.05, 0) is 24.6 Å². The summed E-state index contributed by atoms with van der Waals surface area (Å²) in [7, 11) is 0. The van der Waals surface area contributed by atoms with Crippen LogP contribution in [-0.4, -0.2) is 20.5 Å². The Kier molecular flexibility index (Phi) is 4.71. The summed E-state index contributed by atoms with van der Waals surface area (Å²) in [5.41, 5.74) is 0.458. The van der Waals surface area contributed by atoms with Gasteiger partial charge in [0.05, 0.1) is 11.3 Å². The monoisotopic (exact) mass is 298 g/mol. The van der Waals surface area contributed by atoms with Gasteiger partial charge in [0.25, 0.3) is 5.89 Å². The first kappa shape index (κ1) is 14.2. The normalized spacial score (nSPS) is 12.6. The van der Waals surface area contributed by atoms with Crippen LogP contribution in [0.25, 0.3) is 11.5 Å². The molecule has 1 atom stereocenters. The molecule has 0 amide bonds. The maximum atomic E-state index is 9.76. The standard InChI is InChI=1S/C13H15ClN2O2S/c1-3-8(2)19-7-12-15-13(18-16-12)10-6-9(14)4-5-11(10)17/h4-6,8,17H,3,7H2,1-2H3. The molecule has 102 valence electrons. The number of aromatic nitrogens is 2. The zero-order valence-electron chi connectivity index (χ0n) is 10.8. The molecule has 0 aliphatic carbocycles. The lowest BCUT2D eigenvalue weighted by Crippen LogP contribution is -1.94. The number of phenols is 1. The lowest BCUT2D eigenvalue weighted by atomic mass is 10.2. The molecule has 0 aliphatic heterocycles. The summed E-state index contributed by atoms with van der Waals surface area (Å²) < 4.78 is 5.16. The van der Waals surface area contributed by atoms with E-state index in [1.54, 1.807) is 23.9 Å². The molecule has 1 aromatic carbocycles. The van der Waals surface area contributed by atoms with E-state index in [1.165, 1.54) is 6.07 Å². The van der Waals surface area contributed by atoms with Crippen molar-refractivity contribution in [3.63, 3.8) is 0 Å². The summed E-state index contributed by atoms with van der Waals surface area (Å²) in [5.74, 6) is 1.69. The van der Waals surface area contributed by atoms with Crippen LogP contribution < -0.4 is 0 Å². The summed E-state index contributed by atoms with van der Waals surface area (Å²) in [6.45, 7) is 4.30. The minimum absolute atomic E-state index is 0.0779. The highest BCUT2D eigenvalue weighted by Crippen LogP contribution is 2.31. The molecule has 19 heavy (non-hydrogen) atoms. The van der Waals surface area contributed by atoms with Crippen LogP contribution >= 0.6 is 23.4 Å². The number of hydrogen-bond acceptors (Lipinski definition) is 5. The number of nitrogens with zero attached hydrogens (tertiary/aromatic N) is 2. The van der Waals surface area contributed by atoms with Gasteiger partial charge in [0, 0.05) is 10.3 Å². The van der Waals surface area contributed by atoms with E-state index in [2.05, 4.69) is 24.0 Å². The summed E-state index contributed by atoms with van der Waals surface area (Å²) in [6.07, 6.45) is 1.10. The Balaban J connectivity index is 2.14. The van der Waals surface area contributed by atoms with Crippen molar-refractivity contribution in [2.24, 2.45) is 0 Å². The lowest BCUT2D eigenvalue weighted by Gasteiger charge is -2.04. The highest BCUT2D eigenvalue weighted by molar-refractivity contribution is 7.99. The molecule has 0 bridgehead atoms. The molecule has 0 saturated heterocycles. The number of phenolic OH excluding ortho intramolecular Hbond substituents is 1. The second-order valence-corrected chi connectivity index (χ2v) is 6.07. The Morgan fingerprint density at radius 3 is 3.00 bits per heavy atom. The van der Waals surface area contributed by atoms with Gasteiger partial charge in [-0.2, -0.15) is 16.7 Å². The first-order chi connectivity index (χ1) is 9.10. The molecular weight excluding hydrogens is 284 g/mol. The Morgan fingerprint density at radius 2 is 2.26 bits per heavy atom. The van der Waals surface area contributed by atoms with Crippen molar-refractivity contribution in [2.75, 3.05) is 0 Å². The summed E-state index contributed by atoms with van der Waals surface area (Å²) in [6, 6.07) is 4.72. The summed E-state index contributed by atoms with van der Waals surface area (Å²) >= 11 is 7.66. The van der Waals surface area contributed by atoms with E-state index in [9.17, 15) is 5.11 Å². The van der Waals surface area contributed by atoms with Crippen LogP contribution in [0, 0.1) is 0 Å². The van der Waals surface area contributed by atoms with Gasteiger partial charge >= 0.3 is 0 Å². The topological polar surface area (TPSA) is 59.2 Å². The van der Waals surface area contributed by atoms with Crippen molar-refractivity contribution in [2.45, 2.75) is 31.3 Å². The molecule has 0 aliphatic rings. The lowest BCUT2D eigenvalue weighted by molar-refractivity contribution is 0.419. The second-order valence-electron chi connectivity index (χ2n) is 4.21. The van der Waals surface area contributed by atoms with Crippen molar-refractivity contribution in [3.05, 3.63) is 29.0 Å². The van der Waals surface area contributed by atoms with Crippen molar-refractivity contribution in [1.82, 2.24) is 10.1 Å². The molecule has 0 saturated carbocycles. The van der Waals surface area contributed by atoms with Crippen LogP contribution in [0.2, 0.25) is 5.02 Å². The van der Waals surface area contributed by atoms with Gasteiger partial charge in [0.1, 0.15) is 5.75 Å². The van der Waals surface area contributed by atoms with Gasteiger partial charge in [0.2, 0.25) is 0 Å². The molecule has 0 spiro atoms. The highest BCUT2D eigenvalue weighted by atomic mass is 35.5. The van der Waals surface area contributed by atoms with E-state index in [4.69, 9.17) is 16.1 Å². The van der Waals surface area contributed by atoms with Crippen molar-refractivity contribution in [1.29, 1.82) is 0 Å². The third kappa shape index (κ3) is 3.64. The van der Waals surface area contributed by atoms with Crippen LogP contribution in [0.4, 0.5) is 0 Å². The Morgan fingerprint density at radius 1 is 1.47 bits per heavy atom. The Labute approximate surface area is 121 Å². The summed E-state index contributed by atoms with van der Waals surface area (Å²) in [4.78, 5) is 4.27. The number of hydrogen-bond donors (Lipinski definition) is 1. The van der Waals surface area contributed by atoms with Crippen LogP contribution in [0.3, 0.4) is 0 Å². The SMILES string of the molecule is CCC(C)SCc1noc(-c2cc(Cl)ccc2O)n1. The maximum Gasteiger partial charge on any atom is 0.261 e. The predicted molar refractivity (Wildman–Crippen MR) is 77.5 cm³/mol. The zero-order chi connectivity index (χ0) is 13.8. The fourth-order valence-corrected chi connectivity index (χ4v) is 2.39. The van der Waals surface area contributed by atoms with Crippen LogP contribution in [0.1, 0.15) is 26.1 Å². The first-order valence-electron chi connectivity index (χ1n) is 6.03. The van der Waals surface area contributed by atoms with Gasteiger partial charge in [0.15, 0.2) is 5.82 Å².